The molecule has 6 heteroatoms. The van der Waals surface area contributed by atoms with Crippen LogP contribution >= 0.6 is 11.8 Å². The molecular formula is C23H17N2O3S-. The number of aromatic carboxylic acids is 1. The van der Waals surface area contributed by atoms with Crippen molar-refractivity contribution in [1.82, 2.24) is 5.43 Å². The number of carbonyl (C=O) groups is 2. The minimum atomic E-state index is -1.28. The number of fused-ring (bicyclic) bond motifs is 3. The van der Waals surface area contributed by atoms with Gasteiger partial charge in [0.15, 0.2) is 0 Å². The minimum absolute atomic E-state index is 0.0269. The lowest BCUT2D eigenvalue weighted by atomic mass is 10.1. The van der Waals surface area contributed by atoms with Crippen molar-refractivity contribution in [2.75, 3.05) is 5.75 Å². The zero-order valence-corrected chi connectivity index (χ0v) is 16.2. The molecule has 5 nitrogen and oxygen atoms in total. The summed E-state index contributed by atoms with van der Waals surface area (Å²) in [4.78, 5) is 23.4. The van der Waals surface area contributed by atoms with E-state index < -0.39 is 5.97 Å². The number of hydrazone groups is 1. The molecule has 4 rings (SSSR count). The highest BCUT2D eigenvalue weighted by Gasteiger charge is 2.28. The Morgan fingerprint density at radius 1 is 0.931 bits per heavy atom. The van der Waals surface area contributed by atoms with Crippen molar-refractivity contribution >= 4 is 29.9 Å². The molecule has 0 radical (unpaired) electrons. The summed E-state index contributed by atoms with van der Waals surface area (Å²) in [6, 6.07) is 22.8. The number of nitrogens with zero attached hydrogens (tertiary/aromatic N) is 1. The van der Waals surface area contributed by atoms with Crippen molar-refractivity contribution < 1.29 is 14.7 Å². The van der Waals surface area contributed by atoms with Gasteiger partial charge in [-0.3, -0.25) is 4.79 Å². The van der Waals surface area contributed by atoms with Gasteiger partial charge < -0.3 is 9.90 Å². The van der Waals surface area contributed by atoms with Crippen molar-refractivity contribution in [2.24, 2.45) is 5.10 Å². The third-order valence-electron chi connectivity index (χ3n) is 4.73. The molecule has 0 fully saturated rings. The maximum atomic E-state index is 12.3. The number of amides is 1. The molecule has 1 N–H and O–H groups in total. The Kier molecular flexibility index (Phi) is 5.44. The SMILES string of the molecule is O=C(CSC1c2ccccc2-c2ccccc21)N/N=C\c1ccccc1C(=O)[O-]. The molecule has 1 aliphatic carbocycles. The summed E-state index contributed by atoms with van der Waals surface area (Å²) in [5.41, 5.74) is 7.69. The Balaban J connectivity index is 1.41. The summed E-state index contributed by atoms with van der Waals surface area (Å²) in [7, 11) is 0. The van der Waals surface area contributed by atoms with Crippen molar-refractivity contribution in [3.05, 3.63) is 95.1 Å². The minimum Gasteiger partial charge on any atom is -0.545 e. The Morgan fingerprint density at radius 2 is 1.52 bits per heavy atom. The van der Waals surface area contributed by atoms with E-state index in [0.29, 0.717) is 5.56 Å². The van der Waals surface area contributed by atoms with E-state index in [0.717, 1.165) is 0 Å². The van der Waals surface area contributed by atoms with Gasteiger partial charge in [0.25, 0.3) is 0 Å². The normalized spacial score (nSPS) is 12.6. The molecule has 3 aromatic carbocycles. The van der Waals surface area contributed by atoms with Crippen LogP contribution in [-0.2, 0) is 4.79 Å². The van der Waals surface area contributed by atoms with Crippen LogP contribution in [0.3, 0.4) is 0 Å². The van der Waals surface area contributed by atoms with Gasteiger partial charge in [-0.05, 0) is 22.3 Å². The molecule has 29 heavy (non-hydrogen) atoms. The smallest absolute Gasteiger partial charge is 0.250 e. The van der Waals surface area contributed by atoms with E-state index in [1.807, 2.05) is 24.3 Å². The monoisotopic (exact) mass is 401 g/mol. The van der Waals surface area contributed by atoms with E-state index in [9.17, 15) is 14.7 Å². The fraction of sp³-hybridized carbons (Fsp3) is 0.0870. The lowest BCUT2D eigenvalue weighted by Crippen LogP contribution is -2.24. The molecule has 0 saturated heterocycles. The number of carboxylic acid groups (broad SMARTS) is 1. The van der Waals surface area contributed by atoms with Crippen LogP contribution in [0, 0.1) is 0 Å². The molecule has 0 spiro atoms. The number of hydrogen-bond donors (Lipinski definition) is 1. The number of carbonyl (C=O) groups excluding carboxylic acids is 2. The molecule has 1 amide bonds. The summed E-state index contributed by atoms with van der Waals surface area (Å²) >= 11 is 1.54. The lowest BCUT2D eigenvalue weighted by Gasteiger charge is -2.12. The molecule has 144 valence electrons. The first-order valence-corrected chi connectivity index (χ1v) is 10.1. The zero-order chi connectivity index (χ0) is 20.2. The van der Waals surface area contributed by atoms with E-state index >= 15 is 0 Å². The summed E-state index contributed by atoms with van der Waals surface area (Å²) < 4.78 is 0. The highest BCUT2D eigenvalue weighted by Crippen LogP contribution is 2.49. The average molecular weight is 401 g/mol. The topological polar surface area (TPSA) is 81.6 Å². The van der Waals surface area contributed by atoms with Gasteiger partial charge in [0.1, 0.15) is 0 Å². The Morgan fingerprint density at radius 3 is 2.17 bits per heavy atom. The molecule has 0 atom stereocenters. The Hall–Kier alpha value is -3.38. The van der Waals surface area contributed by atoms with Crippen LogP contribution in [0.1, 0.15) is 32.3 Å². The second-order valence-electron chi connectivity index (χ2n) is 6.53. The van der Waals surface area contributed by atoms with Crippen LogP contribution in [0.4, 0.5) is 0 Å². The van der Waals surface area contributed by atoms with Crippen LogP contribution in [0.15, 0.2) is 77.9 Å². The van der Waals surface area contributed by atoms with Gasteiger partial charge in [0, 0.05) is 11.1 Å². The summed E-state index contributed by atoms with van der Waals surface area (Å²) in [6.07, 6.45) is 1.31. The van der Waals surface area contributed by atoms with Crippen LogP contribution in [0.25, 0.3) is 11.1 Å². The first-order chi connectivity index (χ1) is 14.1. The maximum Gasteiger partial charge on any atom is 0.250 e. The van der Waals surface area contributed by atoms with Gasteiger partial charge in [0.05, 0.1) is 23.2 Å². The number of rotatable bonds is 6. The molecule has 0 saturated carbocycles. The molecule has 1 aliphatic rings. The predicted molar refractivity (Wildman–Crippen MR) is 113 cm³/mol. The van der Waals surface area contributed by atoms with Crippen LogP contribution in [0.2, 0.25) is 0 Å². The van der Waals surface area contributed by atoms with Crippen molar-refractivity contribution in [3.63, 3.8) is 0 Å². The standard InChI is InChI=1S/C23H18N2O3S/c26-21(25-24-13-15-7-1-2-8-16(15)23(27)28)14-29-22-19-11-5-3-9-17(19)18-10-4-6-12-20(18)22/h1-13,22H,14H2,(H,25,26)(H,27,28)/p-1/b24-13-. The van der Waals surface area contributed by atoms with Gasteiger partial charge in [-0.1, -0.05) is 72.8 Å². The molecule has 0 aromatic heterocycles. The molecule has 0 unspecified atom stereocenters. The second-order valence-corrected chi connectivity index (χ2v) is 7.63. The van der Waals surface area contributed by atoms with E-state index in [4.69, 9.17) is 0 Å². The number of nitrogens with one attached hydrogen (secondary N) is 1. The van der Waals surface area contributed by atoms with Crippen molar-refractivity contribution in [3.8, 4) is 11.1 Å². The highest BCUT2D eigenvalue weighted by atomic mass is 32.2. The number of thioether (sulfide) groups is 1. The number of carboxylic acids is 1. The van der Waals surface area contributed by atoms with Crippen LogP contribution in [-0.4, -0.2) is 23.8 Å². The maximum absolute atomic E-state index is 12.3. The Bertz CT molecular complexity index is 1070. The van der Waals surface area contributed by atoms with Gasteiger partial charge in [-0.25, -0.2) is 5.43 Å². The average Bonchev–Trinajstić information content (AvgIpc) is 3.06. The van der Waals surface area contributed by atoms with Crippen molar-refractivity contribution in [1.29, 1.82) is 0 Å². The second kappa shape index (κ2) is 8.32. The lowest BCUT2D eigenvalue weighted by molar-refractivity contribution is -0.255. The zero-order valence-electron chi connectivity index (χ0n) is 15.4. The van der Waals surface area contributed by atoms with E-state index in [1.54, 1.807) is 30.0 Å². The molecular weight excluding hydrogens is 384 g/mol. The first-order valence-electron chi connectivity index (χ1n) is 9.07. The third kappa shape index (κ3) is 3.93. The number of hydrogen-bond acceptors (Lipinski definition) is 5. The van der Waals surface area contributed by atoms with E-state index in [-0.39, 0.29) is 22.5 Å². The van der Waals surface area contributed by atoms with Gasteiger partial charge in [-0.15, -0.1) is 11.8 Å². The fourth-order valence-corrected chi connectivity index (χ4v) is 4.60. The quantitative estimate of drug-likeness (QED) is 0.509. The molecule has 0 bridgehead atoms. The van der Waals surface area contributed by atoms with E-state index in [1.165, 1.54) is 34.5 Å². The largest absolute Gasteiger partial charge is 0.545 e. The Labute approximate surface area is 172 Å². The summed E-state index contributed by atoms with van der Waals surface area (Å²) in [6.45, 7) is 0. The van der Waals surface area contributed by atoms with Crippen LogP contribution < -0.4 is 10.5 Å². The third-order valence-corrected chi connectivity index (χ3v) is 6.00. The fourth-order valence-electron chi connectivity index (χ4n) is 3.45. The van der Waals surface area contributed by atoms with Crippen molar-refractivity contribution in [2.45, 2.75) is 5.25 Å². The van der Waals surface area contributed by atoms with Gasteiger partial charge >= 0.3 is 0 Å². The molecule has 0 heterocycles. The summed E-state index contributed by atoms with van der Waals surface area (Å²) in [5.74, 6) is -1.31. The molecule has 0 aliphatic heterocycles. The van der Waals surface area contributed by atoms with Gasteiger partial charge in [-0.2, -0.15) is 5.10 Å². The highest BCUT2D eigenvalue weighted by molar-refractivity contribution is 8.00. The molecule has 3 aromatic rings. The number of benzene rings is 3. The van der Waals surface area contributed by atoms with E-state index in [2.05, 4.69) is 34.8 Å². The van der Waals surface area contributed by atoms with Crippen LogP contribution in [0.5, 0.6) is 0 Å². The first kappa shape index (κ1) is 19.0. The van der Waals surface area contributed by atoms with Gasteiger partial charge in [0.2, 0.25) is 5.91 Å². The predicted octanol–water partition coefficient (Wildman–Crippen LogP) is 3.00. The summed E-state index contributed by atoms with van der Waals surface area (Å²) in [5, 5.41) is 15.1.